The number of hydrogen-bond donors (Lipinski definition) is 1. The van der Waals surface area contributed by atoms with Gasteiger partial charge in [0.1, 0.15) is 18.3 Å². The quantitative estimate of drug-likeness (QED) is 0.826. The lowest BCUT2D eigenvalue weighted by molar-refractivity contribution is -0.379. The molecule has 2 aliphatic rings. The summed E-state index contributed by atoms with van der Waals surface area (Å²) >= 11 is 0. The average Bonchev–Trinajstić information content (AvgIpc) is 2.58. The topological polar surface area (TPSA) is 83.5 Å². The van der Waals surface area contributed by atoms with Gasteiger partial charge in [0.05, 0.1) is 12.2 Å². The first-order valence-corrected chi connectivity index (χ1v) is 7.85. The van der Waals surface area contributed by atoms with Crippen molar-refractivity contribution in [3.05, 3.63) is 35.9 Å². The third kappa shape index (κ3) is 3.45. The number of fused-ring (bicyclic) bond motifs is 1. The van der Waals surface area contributed by atoms with Crippen molar-refractivity contribution >= 4 is 5.97 Å². The van der Waals surface area contributed by atoms with Crippen LogP contribution in [0.15, 0.2) is 30.3 Å². The third-order valence-electron chi connectivity index (χ3n) is 4.12. The monoisotopic (exact) mass is 338 g/mol. The van der Waals surface area contributed by atoms with Crippen LogP contribution in [0.3, 0.4) is 0 Å². The standard InChI is InChI=1S/C17H22O7/c1-17(2)21-9-11-13(24-17)12(18)14(16(20-3)22-11)23-15(19)10-7-5-4-6-8-10/h4-8,11-14,16,18H,9H2,1-3H3/t11-,12+,13-,14-,16+/m1/s1. The van der Waals surface area contributed by atoms with Gasteiger partial charge in [-0.2, -0.15) is 0 Å². The average molecular weight is 338 g/mol. The molecule has 1 N–H and O–H groups in total. The SMILES string of the molecule is CO[C@H]1O[C@@H]2COC(C)(C)O[C@H]2[C@H](O)[C@H]1OC(=O)c1ccccc1. The maximum atomic E-state index is 12.3. The number of aliphatic hydroxyl groups excluding tert-OH is 1. The van der Waals surface area contributed by atoms with Crippen molar-refractivity contribution in [1.29, 1.82) is 0 Å². The summed E-state index contributed by atoms with van der Waals surface area (Å²) in [5.41, 5.74) is 0.384. The highest BCUT2D eigenvalue weighted by atomic mass is 16.8. The lowest BCUT2D eigenvalue weighted by atomic mass is 9.97. The highest BCUT2D eigenvalue weighted by Crippen LogP contribution is 2.33. The highest BCUT2D eigenvalue weighted by molar-refractivity contribution is 5.89. The fourth-order valence-electron chi connectivity index (χ4n) is 2.90. The van der Waals surface area contributed by atoms with E-state index in [0.29, 0.717) is 5.56 Å². The molecule has 1 aromatic rings. The molecule has 7 heteroatoms. The van der Waals surface area contributed by atoms with Crippen LogP contribution in [0.2, 0.25) is 0 Å². The molecule has 132 valence electrons. The molecular weight excluding hydrogens is 316 g/mol. The predicted octanol–water partition coefficient (Wildman–Crippen LogP) is 1.10. The molecule has 0 aromatic heterocycles. The van der Waals surface area contributed by atoms with E-state index >= 15 is 0 Å². The van der Waals surface area contributed by atoms with E-state index in [4.69, 9.17) is 23.7 Å². The van der Waals surface area contributed by atoms with E-state index in [9.17, 15) is 9.90 Å². The molecule has 24 heavy (non-hydrogen) atoms. The van der Waals surface area contributed by atoms with Gasteiger partial charge in [0.25, 0.3) is 0 Å². The smallest absolute Gasteiger partial charge is 0.338 e. The second-order valence-electron chi connectivity index (χ2n) is 6.30. The van der Waals surface area contributed by atoms with E-state index in [1.54, 1.807) is 44.2 Å². The summed E-state index contributed by atoms with van der Waals surface area (Å²) in [5, 5.41) is 10.7. The molecular formula is C17H22O7. The zero-order valence-electron chi connectivity index (χ0n) is 13.9. The normalized spacial score (nSPS) is 35.1. The van der Waals surface area contributed by atoms with Gasteiger partial charge < -0.3 is 28.8 Å². The van der Waals surface area contributed by atoms with Crippen molar-refractivity contribution in [1.82, 2.24) is 0 Å². The van der Waals surface area contributed by atoms with Gasteiger partial charge >= 0.3 is 5.97 Å². The van der Waals surface area contributed by atoms with E-state index in [0.717, 1.165) is 0 Å². The van der Waals surface area contributed by atoms with Crippen molar-refractivity contribution in [2.45, 2.75) is 50.3 Å². The molecule has 2 fully saturated rings. The Kier molecular flexibility index (Phi) is 4.89. The number of carbonyl (C=O) groups is 1. The van der Waals surface area contributed by atoms with Crippen molar-refractivity contribution in [2.75, 3.05) is 13.7 Å². The molecule has 2 aliphatic heterocycles. The van der Waals surface area contributed by atoms with Gasteiger partial charge in [-0.1, -0.05) is 18.2 Å². The molecule has 7 nitrogen and oxygen atoms in total. The fraction of sp³-hybridized carbons (Fsp3) is 0.588. The summed E-state index contributed by atoms with van der Waals surface area (Å²) in [4.78, 5) is 12.3. The largest absolute Gasteiger partial charge is 0.450 e. The molecule has 0 spiro atoms. The lowest BCUT2D eigenvalue weighted by Gasteiger charge is -2.49. The summed E-state index contributed by atoms with van der Waals surface area (Å²) in [5.74, 6) is -1.41. The Bertz CT molecular complexity index is 574. The summed E-state index contributed by atoms with van der Waals surface area (Å²) in [6.45, 7) is 3.76. The summed E-state index contributed by atoms with van der Waals surface area (Å²) < 4.78 is 27.7. The third-order valence-corrected chi connectivity index (χ3v) is 4.12. The molecule has 5 atom stereocenters. The lowest BCUT2D eigenvalue weighted by Crippen LogP contribution is -2.65. The van der Waals surface area contributed by atoms with E-state index in [1.165, 1.54) is 7.11 Å². The van der Waals surface area contributed by atoms with Crippen molar-refractivity contribution < 1.29 is 33.6 Å². The Balaban J connectivity index is 1.76. The van der Waals surface area contributed by atoms with Crippen LogP contribution in [-0.2, 0) is 23.7 Å². The predicted molar refractivity (Wildman–Crippen MR) is 82.2 cm³/mol. The minimum absolute atomic E-state index is 0.258. The molecule has 0 unspecified atom stereocenters. The van der Waals surface area contributed by atoms with Crippen LogP contribution in [0, 0.1) is 0 Å². The zero-order chi connectivity index (χ0) is 17.3. The van der Waals surface area contributed by atoms with Crippen molar-refractivity contribution in [3.8, 4) is 0 Å². The number of aliphatic hydroxyl groups is 1. The van der Waals surface area contributed by atoms with Crippen LogP contribution >= 0.6 is 0 Å². The second kappa shape index (κ2) is 6.78. The van der Waals surface area contributed by atoms with Crippen LogP contribution in [0.5, 0.6) is 0 Å². The molecule has 2 heterocycles. The maximum absolute atomic E-state index is 12.3. The van der Waals surface area contributed by atoms with Crippen LogP contribution in [0.25, 0.3) is 0 Å². The van der Waals surface area contributed by atoms with Crippen LogP contribution in [0.4, 0.5) is 0 Å². The first kappa shape index (κ1) is 17.3. The molecule has 2 saturated heterocycles. The Morgan fingerprint density at radius 1 is 1.29 bits per heavy atom. The Morgan fingerprint density at radius 3 is 2.67 bits per heavy atom. The van der Waals surface area contributed by atoms with Crippen LogP contribution in [0.1, 0.15) is 24.2 Å². The number of carbonyl (C=O) groups excluding carboxylic acids is 1. The Hall–Kier alpha value is -1.51. The number of ether oxygens (including phenoxy) is 5. The van der Waals surface area contributed by atoms with E-state index in [1.807, 2.05) is 0 Å². The molecule has 0 radical (unpaired) electrons. The molecule has 0 saturated carbocycles. The van der Waals surface area contributed by atoms with Crippen LogP contribution in [-0.4, -0.2) is 61.3 Å². The van der Waals surface area contributed by atoms with Gasteiger partial charge in [0.15, 0.2) is 18.2 Å². The van der Waals surface area contributed by atoms with E-state index < -0.39 is 42.5 Å². The van der Waals surface area contributed by atoms with Gasteiger partial charge in [-0.25, -0.2) is 4.79 Å². The summed E-state index contributed by atoms with van der Waals surface area (Å²) in [6, 6.07) is 8.54. The minimum Gasteiger partial charge on any atom is -0.450 e. The van der Waals surface area contributed by atoms with Gasteiger partial charge in [-0.05, 0) is 26.0 Å². The zero-order valence-corrected chi connectivity index (χ0v) is 13.9. The number of esters is 1. The summed E-state index contributed by atoms with van der Waals surface area (Å²) in [6.07, 6.45) is -4.16. The highest BCUT2D eigenvalue weighted by Gasteiger charge is 2.52. The molecule has 1 aromatic carbocycles. The van der Waals surface area contributed by atoms with E-state index in [2.05, 4.69) is 0 Å². The molecule has 3 rings (SSSR count). The first-order chi connectivity index (χ1) is 11.4. The maximum Gasteiger partial charge on any atom is 0.338 e. The van der Waals surface area contributed by atoms with Crippen molar-refractivity contribution in [3.63, 3.8) is 0 Å². The minimum atomic E-state index is -1.09. The molecule has 0 amide bonds. The molecule has 0 aliphatic carbocycles. The Labute approximate surface area is 140 Å². The van der Waals surface area contributed by atoms with Gasteiger partial charge in [-0.3, -0.25) is 0 Å². The second-order valence-corrected chi connectivity index (χ2v) is 6.30. The van der Waals surface area contributed by atoms with Crippen LogP contribution < -0.4 is 0 Å². The number of benzene rings is 1. The van der Waals surface area contributed by atoms with Gasteiger partial charge in [0.2, 0.25) is 0 Å². The Morgan fingerprint density at radius 2 is 2.00 bits per heavy atom. The number of rotatable bonds is 3. The summed E-state index contributed by atoms with van der Waals surface area (Å²) in [7, 11) is 1.43. The number of hydrogen-bond acceptors (Lipinski definition) is 7. The molecule has 0 bridgehead atoms. The van der Waals surface area contributed by atoms with Gasteiger partial charge in [-0.15, -0.1) is 0 Å². The number of methoxy groups -OCH3 is 1. The first-order valence-electron chi connectivity index (χ1n) is 7.85. The fourth-order valence-corrected chi connectivity index (χ4v) is 2.90. The van der Waals surface area contributed by atoms with Gasteiger partial charge in [0, 0.05) is 7.11 Å². The van der Waals surface area contributed by atoms with Crippen molar-refractivity contribution in [2.24, 2.45) is 0 Å². The van der Waals surface area contributed by atoms with E-state index in [-0.39, 0.29) is 6.61 Å².